The number of phosphoric acid groups is 2. The Balaban J connectivity index is 1.17. The van der Waals surface area contributed by atoms with Gasteiger partial charge in [0.25, 0.3) is 0 Å². The number of hydrogen-bond acceptors (Lipinski definition) is 22. The lowest BCUT2D eigenvalue weighted by molar-refractivity contribution is -0.159. The van der Waals surface area contributed by atoms with Gasteiger partial charge in [-0.3, -0.25) is 27.5 Å². The summed E-state index contributed by atoms with van der Waals surface area (Å²) in [4.78, 5) is 100. The van der Waals surface area contributed by atoms with Gasteiger partial charge in [0, 0.05) is 29.6 Å². The monoisotopic (exact) mass is 1020 g/mol. The molecule has 2 saturated heterocycles. The van der Waals surface area contributed by atoms with Gasteiger partial charge in [-0.05, 0) is 50.8 Å². The smallest absolute Gasteiger partial charge is 0.461 e. The van der Waals surface area contributed by atoms with Crippen LogP contribution in [0.1, 0.15) is 70.9 Å². The average molecular weight is 1020 g/mol. The molecule has 2 aliphatic heterocycles. The fourth-order valence-corrected chi connectivity index (χ4v) is 8.38. The van der Waals surface area contributed by atoms with E-state index in [9.17, 15) is 48.1 Å². The average Bonchev–Trinajstić information content (AvgIpc) is 3.97. The number of phosphoric ester groups is 2. The Bertz CT molecular complexity index is 2710. The summed E-state index contributed by atoms with van der Waals surface area (Å²) in [6.07, 6.45) is -8.63. The number of azide groups is 1. The molecule has 9 atom stereocenters. The minimum absolute atomic E-state index is 0.0276. The first-order valence-electron chi connectivity index (χ1n) is 21.1. The fraction of sp³-hybridized carbons (Fsp3) is 0.526. The Labute approximate surface area is 396 Å². The number of nitrogens with two attached hydrogens (primary N) is 2. The number of aliphatic hydroxyl groups excluding tert-OH is 1. The molecule has 0 aliphatic carbocycles. The molecule has 5 heterocycles. The number of benzene rings is 1. The standard InChI is InChI=1S/C38H50N12O18P2/c1-38(2,3)67-37(55)45-22(6-4-5-7-28(51)61-15-20-8-10-21(11-9-20)47-48-41)35(53)66-31-25(65-34(30(31)52)50-19-44-29-32(40)42-18-43-33(29)50)17-63-70(59,60)68-23-14-27(49-13-12-26(39)46-36(49)54)64-24(23)16-62-69(56,57)58/h8-13,18-19,22-25,27,30-31,34,52H,4-7,14-17H2,1-3H3,(H,45,55)(H,59,60)(H2,39,46,54)(H2,40,42,43)(H2,56,57,58)/t22-,23-,24+,25+,27+,30+,31+,34+/m0/s1. The summed E-state index contributed by atoms with van der Waals surface area (Å²) >= 11 is 0. The number of nitrogens with zero attached hydrogens (tertiary/aromatic N) is 9. The number of nitrogens with one attached hydrogen (secondary N) is 1. The number of aromatic nitrogens is 6. The van der Waals surface area contributed by atoms with Crippen LogP contribution >= 0.6 is 15.6 Å². The molecule has 1 amide bonds. The highest BCUT2D eigenvalue weighted by Gasteiger charge is 2.50. The van der Waals surface area contributed by atoms with E-state index in [1.54, 1.807) is 45.0 Å². The van der Waals surface area contributed by atoms with E-state index in [1.165, 1.54) is 23.2 Å². The molecule has 3 aromatic heterocycles. The predicted octanol–water partition coefficient (Wildman–Crippen LogP) is 2.46. The number of anilines is 2. The van der Waals surface area contributed by atoms with Crippen molar-refractivity contribution in [3.05, 3.63) is 75.7 Å². The number of carbonyl (C=O) groups is 3. The molecule has 380 valence electrons. The van der Waals surface area contributed by atoms with Crippen LogP contribution in [-0.4, -0.2) is 122 Å². The van der Waals surface area contributed by atoms with Gasteiger partial charge in [-0.15, -0.1) is 0 Å². The molecule has 1 unspecified atom stereocenters. The second kappa shape index (κ2) is 22.7. The summed E-state index contributed by atoms with van der Waals surface area (Å²) in [5.41, 5.74) is 19.4. The van der Waals surface area contributed by atoms with Crippen LogP contribution in [-0.2, 0) is 62.6 Å². The summed E-state index contributed by atoms with van der Waals surface area (Å²) in [6.45, 7) is 2.87. The van der Waals surface area contributed by atoms with Gasteiger partial charge in [-0.1, -0.05) is 35.8 Å². The van der Waals surface area contributed by atoms with Crippen molar-refractivity contribution in [1.82, 2.24) is 34.4 Å². The lowest BCUT2D eigenvalue weighted by Crippen LogP contribution is -2.47. The molecule has 0 radical (unpaired) electrons. The van der Waals surface area contributed by atoms with E-state index < -0.39 is 107 Å². The zero-order valence-corrected chi connectivity index (χ0v) is 39.3. The summed E-state index contributed by atoms with van der Waals surface area (Å²) in [6, 6.07) is 6.16. The summed E-state index contributed by atoms with van der Waals surface area (Å²) < 4.78 is 70.9. The molecule has 0 bridgehead atoms. The minimum atomic E-state index is -5.29. The number of carbonyl (C=O) groups excluding carboxylic acids is 3. The highest BCUT2D eigenvalue weighted by atomic mass is 31.2. The van der Waals surface area contributed by atoms with Crippen LogP contribution in [0.3, 0.4) is 0 Å². The predicted molar refractivity (Wildman–Crippen MR) is 236 cm³/mol. The van der Waals surface area contributed by atoms with Crippen molar-refractivity contribution < 1.29 is 80.6 Å². The van der Waals surface area contributed by atoms with E-state index in [1.807, 2.05) is 0 Å². The molecule has 6 rings (SSSR count). The van der Waals surface area contributed by atoms with Crippen molar-refractivity contribution >= 4 is 62.2 Å². The highest BCUT2D eigenvalue weighted by Crippen LogP contribution is 2.50. The molecule has 9 N–H and O–H groups in total. The summed E-state index contributed by atoms with van der Waals surface area (Å²) in [5.74, 6) is -1.85. The van der Waals surface area contributed by atoms with Crippen LogP contribution in [0.4, 0.5) is 22.1 Å². The highest BCUT2D eigenvalue weighted by molar-refractivity contribution is 7.47. The van der Waals surface area contributed by atoms with E-state index in [-0.39, 0.29) is 61.5 Å². The van der Waals surface area contributed by atoms with Crippen LogP contribution in [0, 0.1) is 0 Å². The van der Waals surface area contributed by atoms with Gasteiger partial charge in [0.2, 0.25) is 0 Å². The van der Waals surface area contributed by atoms with Gasteiger partial charge in [0.05, 0.1) is 19.5 Å². The molecule has 70 heavy (non-hydrogen) atoms. The maximum atomic E-state index is 14.1. The summed E-state index contributed by atoms with van der Waals surface area (Å²) in [5, 5.41) is 17.7. The van der Waals surface area contributed by atoms with Crippen LogP contribution < -0.4 is 22.5 Å². The number of hydrogen-bond donors (Lipinski definition) is 7. The molecular weight excluding hydrogens is 974 g/mol. The number of fused-ring (bicyclic) bond motifs is 1. The van der Waals surface area contributed by atoms with Gasteiger partial charge in [0.1, 0.15) is 66.6 Å². The number of rotatable bonds is 21. The summed E-state index contributed by atoms with van der Waals surface area (Å²) in [7, 11) is -10.4. The molecule has 0 saturated carbocycles. The Hall–Kier alpha value is -6.13. The van der Waals surface area contributed by atoms with Crippen LogP contribution in [0.2, 0.25) is 0 Å². The Morgan fingerprint density at radius 1 is 1.01 bits per heavy atom. The maximum absolute atomic E-state index is 14.1. The topological polar surface area (TPSA) is 431 Å². The molecule has 32 heteroatoms. The van der Waals surface area contributed by atoms with Crippen molar-refractivity contribution in [3.8, 4) is 0 Å². The van der Waals surface area contributed by atoms with Crippen LogP contribution in [0.5, 0.6) is 0 Å². The molecule has 0 spiro atoms. The molecular formula is C38H50N12O18P2. The zero-order chi connectivity index (χ0) is 51.0. The fourth-order valence-electron chi connectivity index (χ4n) is 7.08. The molecule has 1 aromatic carbocycles. The second-order valence-corrected chi connectivity index (χ2v) is 19.2. The number of unbranched alkanes of at least 4 members (excludes halogenated alkanes) is 1. The molecule has 2 aliphatic rings. The van der Waals surface area contributed by atoms with Crippen molar-refractivity contribution in [1.29, 1.82) is 0 Å². The number of imidazole rings is 1. The van der Waals surface area contributed by atoms with Crippen molar-refractivity contribution in [2.75, 3.05) is 24.7 Å². The van der Waals surface area contributed by atoms with E-state index in [2.05, 4.69) is 39.8 Å². The third-order valence-corrected chi connectivity index (χ3v) is 11.7. The molecule has 4 aromatic rings. The quantitative estimate of drug-likeness (QED) is 0.0120. The SMILES string of the molecule is CC(C)(C)OC(=O)N[C@@H](CCCCC(=O)OCc1ccc(N=[N+]=[N-])cc1)C(=O)O[C@H]1[C@@H](O)[C@H](n2cnc3c(N)ncnc32)O[C@@H]1COP(=O)(O)O[C@H]1C[C@H](n2ccc(N)nc2=O)O[C@@H]1COP(=O)(O)O. The Morgan fingerprint density at radius 3 is 2.43 bits per heavy atom. The number of ether oxygens (including phenoxy) is 5. The van der Waals surface area contributed by atoms with Crippen molar-refractivity contribution in [2.45, 2.75) is 114 Å². The lowest BCUT2D eigenvalue weighted by atomic mass is 10.1. The van der Waals surface area contributed by atoms with E-state index in [4.69, 9.17) is 49.7 Å². The first kappa shape index (κ1) is 53.2. The van der Waals surface area contributed by atoms with Gasteiger partial charge < -0.3 is 60.3 Å². The van der Waals surface area contributed by atoms with Crippen LogP contribution in [0.15, 0.2) is 59.1 Å². The Morgan fingerprint density at radius 2 is 1.74 bits per heavy atom. The maximum Gasteiger partial charge on any atom is 0.472 e. The first-order valence-corrected chi connectivity index (χ1v) is 24.1. The minimum Gasteiger partial charge on any atom is -0.461 e. The molecule has 30 nitrogen and oxygen atoms in total. The first-order chi connectivity index (χ1) is 33.0. The number of alkyl carbamates (subject to hydrolysis) is 1. The number of amides is 1. The number of esters is 2. The Kier molecular flexibility index (Phi) is 17.3. The van der Waals surface area contributed by atoms with Gasteiger partial charge in [-0.2, -0.15) is 4.98 Å². The normalized spacial score (nSPS) is 22.7. The molecule has 2 fully saturated rings. The second-order valence-electron chi connectivity index (χ2n) is 16.6. The van der Waals surface area contributed by atoms with Crippen molar-refractivity contribution in [2.24, 2.45) is 5.11 Å². The van der Waals surface area contributed by atoms with E-state index in [0.717, 1.165) is 10.9 Å². The zero-order valence-electron chi connectivity index (χ0n) is 37.5. The third kappa shape index (κ3) is 14.7. The van der Waals surface area contributed by atoms with Crippen molar-refractivity contribution in [3.63, 3.8) is 0 Å². The third-order valence-electron chi connectivity index (χ3n) is 10.2. The van der Waals surface area contributed by atoms with Gasteiger partial charge in [0.15, 0.2) is 23.8 Å². The van der Waals surface area contributed by atoms with Gasteiger partial charge >= 0.3 is 39.4 Å². The number of nitrogen functional groups attached to an aromatic ring is 2. The van der Waals surface area contributed by atoms with Gasteiger partial charge in [-0.25, -0.2) is 38.5 Å². The van der Waals surface area contributed by atoms with E-state index >= 15 is 0 Å². The lowest BCUT2D eigenvalue weighted by Gasteiger charge is -2.26. The number of aliphatic hydroxyl groups is 1. The largest absolute Gasteiger partial charge is 0.472 e. The van der Waals surface area contributed by atoms with Crippen LogP contribution in [0.25, 0.3) is 21.6 Å². The van der Waals surface area contributed by atoms with E-state index in [0.29, 0.717) is 11.3 Å².